The summed E-state index contributed by atoms with van der Waals surface area (Å²) >= 11 is 0. The lowest BCUT2D eigenvalue weighted by atomic mass is 9.78. The summed E-state index contributed by atoms with van der Waals surface area (Å²) in [6.45, 7) is 0. The largest absolute Gasteiger partial charge is 0.248 e. The molecular weight excluding hydrogens is 1140 g/mol. The van der Waals surface area contributed by atoms with Crippen molar-refractivity contribution >= 4 is 45.4 Å². The normalized spacial score (nSPS) is 13.1. The van der Waals surface area contributed by atoms with Crippen LogP contribution in [0, 0.1) is 20.9 Å². The number of allylic oxidation sites excluding steroid dienone is 1. The summed E-state index contributed by atoms with van der Waals surface area (Å²) in [4.78, 5) is 22.5. The number of anilines is 1. The van der Waals surface area contributed by atoms with Crippen LogP contribution in [0.2, 0.25) is 0 Å². The quantitative estimate of drug-likeness (QED) is 0.148. The van der Waals surface area contributed by atoms with E-state index in [-0.39, 0.29) is 0 Å². The van der Waals surface area contributed by atoms with Crippen LogP contribution in [0.5, 0.6) is 0 Å². The summed E-state index contributed by atoms with van der Waals surface area (Å²) in [5.74, 6) is 0. The van der Waals surface area contributed by atoms with Crippen LogP contribution in [0.15, 0.2) is 341 Å². The minimum absolute atomic E-state index is 0.739. The fourth-order valence-electron chi connectivity index (χ4n) is 15.0. The Bertz CT molecular complexity index is 6100. The Hall–Kier alpha value is -12.7. The predicted octanol–water partition coefficient (Wildman–Crippen LogP) is 19.0. The molecule has 0 bridgehead atoms. The molecule has 14 aromatic rings. The molecule has 0 saturated carbocycles. The van der Waals surface area contributed by atoms with Crippen molar-refractivity contribution in [2.45, 2.75) is 0 Å². The molecule has 94 heavy (non-hydrogen) atoms. The molecule has 14 aromatic carbocycles. The number of fused-ring (bicyclic) bond motifs is 12. The molecule has 7 nitrogen and oxygen atoms in total. The van der Waals surface area contributed by atoms with E-state index in [0.717, 1.165) is 193 Å². The molecule has 0 spiro atoms. The van der Waals surface area contributed by atoms with E-state index >= 15 is 0 Å². The molecule has 5 aliphatic rings. The number of nitrogens with one attached hydrogen (secondary N) is 1. The molecule has 0 radical (unpaired) electrons. The molecule has 0 atom stereocenters. The van der Waals surface area contributed by atoms with Crippen LogP contribution in [0.1, 0.15) is 16.7 Å². The second kappa shape index (κ2) is 21.5. The molecular formula is C87H53N7. The van der Waals surface area contributed by atoms with Crippen molar-refractivity contribution in [3.8, 4) is 89.0 Å². The van der Waals surface area contributed by atoms with Gasteiger partial charge < -0.3 is 0 Å². The smallest absolute Gasteiger partial charge is 0.104 e. The van der Waals surface area contributed by atoms with Crippen LogP contribution in [-0.4, -0.2) is 5.71 Å². The first-order chi connectivity index (χ1) is 46.7. The van der Waals surface area contributed by atoms with Gasteiger partial charge in [0.1, 0.15) is 5.71 Å². The van der Waals surface area contributed by atoms with E-state index in [1.165, 1.54) is 0 Å². The zero-order valence-corrected chi connectivity index (χ0v) is 50.7. The molecule has 0 unspecified atom stereocenters. The first-order valence-electron chi connectivity index (χ1n) is 31.9. The van der Waals surface area contributed by atoms with Gasteiger partial charge in [0.2, 0.25) is 0 Å². The maximum atomic E-state index is 6.11. The zero-order valence-electron chi connectivity index (χ0n) is 50.7. The third-order valence-corrected chi connectivity index (χ3v) is 19.0. The van der Waals surface area contributed by atoms with Crippen LogP contribution < -0.4 is 32.0 Å². The lowest BCUT2D eigenvalue weighted by Crippen LogP contribution is -2.40. The number of benzene rings is 14. The summed E-state index contributed by atoms with van der Waals surface area (Å²) in [5.41, 5.74) is 30.2. The van der Waals surface area contributed by atoms with Gasteiger partial charge in [0.05, 0.1) is 55.6 Å². The summed E-state index contributed by atoms with van der Waals surface area (Å²) in [7, 11) is 0. The summed E-state index contributed by atoms with van der Waals surface area (Å²) in [6.07, 6.45) is 0. The van der Waals surface area contributed by atoms with Gasteiger partial charge in [-0.25, -0.2) is 30.5 Å². The highest BCUT2D eigenvalue weighted by Gasteiger charge is 2.40. The molecule has 1 N–H and O–H groups in total. The topological polar surface area (TPSA) is 77.1 Å². The Balaban J connectivity index is 0.998. The highest BCUT2D eigenvalue weighted by atomic mass is 15.7. The van der Waals surface area contributed by atoms with Crippen LogP contribution in [-0.2, 0) is 0 Å². The minimum atomic E-state index is 0.739. The van der Waals surface area contributed by atoms with Gasteiger partial charge in [-0.15, -0.1) is 0 Å². The van der Waals surface area contributed by atoms with Gasteiger partial charge in [-0.05, 0) is 110 Å². The van der Waals surface area contributed by atoms with Crippen molar-refractivity contribution in [2.75, 3.05) is 5.01 Å². The molecule has 5 aliphatic heterocycles. The van der Waals surface area contributed by atoms with Crippen LogP contribution >= 0.6 is 0 Å². The second-order valence-corrected chi connectivity index (χ2v) is 24.2. The fourth-order valence-corrected chi connectivity index (χ4v) is 15.0. The molecule has 19 rings (SSSR count). The van der Waals surface area contributed by atoms with Gasteiger partial charge in [-0.1, -0.05) is 267 Å². The van der Waals surface area contributed by atoms with E-state index in [1.807, 2.05) is 0 Å². The maximum absolute atomic E-state index is 6.11. The summed E-state index contributed by atoms with van der Waals surface area (Å²) in [6, 6.07) is 113. The molecule has 0 aromatic heterocycles. The number of rotatable bonds is 10. The molecule has 0 aliphatic carbocycles. The number of hydrogen-bond donors (Lipinski definition) is 1. The average Bonchev–Trinajstić information content (AvgIpc) is 1.38. The van der Waals surface area contributed by atoms with Crippen molar-refractivity contribution in [3.05, 3.63) is 374 Å². The Morgan fingerprint density at radius 2 is 0.628 bits per heavy atom. The lowest BCUT2D eigenvalue weighted by Gasteiger charge is -2.38. The third kappa shape index (κ3) is 8.28. The SMILES string of the molecule is c1ccc(C2=C(c3ccccc3)N(c3c4c(cc(-c5ccccc5)c3-c3ccccc3-c3ccccc3)N=c3ccc5c(c3-4)N=c3ccccc3=5)NN=C2c2c3c(cc(-c4ccccc4)c2-c2ccccc2-c2ccccc2)N=c2ccc4c(c2-3)N=c2ccccc2=4)cc1. The number of hydrazone groups is 1. The average molecular weight is 1200 g/mol. The molecule has 436 valence electrons. The first-order valence-corrected chi connectivity index (χ1v) is 31.9. The van der Waals surface area contributed by atoms with Crippen molar-refractivity contribution in [1.29, 1.82) is 0 Å². The van der Waals surface area contributed by atoms with Gasteiger partial charge >= 0.3 is 0 Å². The fraction of sp³-hybridized carbons (Fsp3) is 0. The zero-order chi connectivity index (χ0) is 61.8. The molecule has 5 heterocycles. The molecule has 7 heteroatoms. The minimum Gasteiger partial charge on any atom is -0.248 e. The predicted molar refractivity (Wildman–Crippen MR) is 380 cm³/mol. The van der Waals surface area contributed by atoms with E-state index in [9.17, 15) is 0 Å². The summed E-state index contributed by atoms with van der Waals surface area (Å²) < 4.78 is 0. The van der Waals surface area contributed by atoms with Gasteiger partial charge in [-0.2, -0.15) is 5.10 Å². The summed E-state index contributed by atoms with van der Waals surface area (Å²) in [5, 5.41) is 16.3. The highest BCUT2D eigenvalue weighted by molar-refractivity contribution is 6.42. The van der Waals surface area contributed by atoms with E-state index in [2.05, 4.69) is 326 Å². The Labute approximate surface area is 541 Å². The Morgan fingerprint density at radius 1 is 0.245 bits per heavy atom. The number of para-hydroxylation sites is 2. The standard InChI is InChI=1S/C87H53N7/c1-7-27-53(28-8-1)59-39-19-21-43-63(59)76-67(55-31-11-3-12-32-55)51-73-78(79-71(88-73)49-47-65-61-41-23-25-45-69(61)90-83(65)79)82(76)85-75(57-35-15-5-16-36-57)86(58-37-17-6-18-38-58)94(93-92-85)87-77(64-44-22-20-40-60(64)54-29-9-2-10-30-54)68(56-33-13-4-14-34-56)52-74-81(87)80-72(89-74)50-48-66-62-42-24-26-46-70(62)91-84(66)80/h1-52,93H. The van der Waals surface area contributed by atoms with Gasteiger partial charge in [0, 0.05) is 71.0 Å². The highest BCUT2D eigenvalue weighted by Crippen LogP contribution is 2.58. The number of hydrazine groups is 1. The molecule has 0 saturated heterocycles. The van der Waals surface area contributed by atoms with Crippen molar-refractivity contribution in [3.63, 3.8) is 0 Å². The Kier molecular flexibility index (Phi) is 12.1. The van der Waals surface area contributed by atoms with Crippen LogP contribution in [0.25, 0.3) is 100 Å². The van der Waals surface area contributed by atoms with Crippen molar-refractivity contribution in [1.82, 2.24) is 5.53 Å². The van der Waals surface area contributed by atoms with E-state index in [1.54, 1.807) is 0 Å². The maximum Gasteiger partial charge on any atom is 0.104 e. The Morgan fingerprint density at radius 3 is 1.13 bits per heavy atom. The van der Waals surface area contributed by atoms with Gasteiger partial charge in [0.25, 0.3) is 0 Å². The first kappa shape index (κ1) is 53.2. The van der Waals surface area contributed by atoms with E-state index in [0.29, 0.717) is 0 Å². The van der Waals surface area contributed by atoms with Gasteiger partial charge in [-0.3, -0.25) is 0 Å². The van der Waals surface area contributed by atoms with Gasteiger partial charge in [0.15, 0.2) is 0 Å². The van der Waals surface area contributed by atoms with Crippen LogP contribution in [0.3, 0.4) is 0 Å². The van der Waals surface area contributed by atoms with Crippen LogP contribution in [0.4, 0.5) is 28.4 Å². The molecule has 0 amide bonds. The lowest BCUT2D eigenvalue weighted by molar-refractivity contribution is 0.762. The van der Waals surface area contributed by atoms with Crippen molar-refractivity contribution in [2.24, 2.45) is 25.1 Å². The third-order valence-electron chi connectivity index (χ3n) is 19.0. The van der Waals surface area contributed by atoms with E-state index < -0.39 is 0 Å². The second-order valence-electron chi connectivity index (χ2n) is 24.2. The molecule has 0 fully saturated rings. The number of nitrogens with zero attached hydrogens (tertiary/aromatic N) is 6. The number of hydrogen-bond acceptors (Lipinski definition) is 7. The van der Waals surface area contributed by atoms with E-state index in [4.69, 9.17) is 25.1 Å². The van der Waals surface area contributed by atoms with Crippen molar-refractivity contribution < 1.29 is 0 Å². The monoisotopic (exact) mass is 1200 g/mol.